The van der Waals surface area contributed by atoms with Crippen molar-refractivity contribution in [3.8, 4) is 16.9 Å². The van der Waals surface area contributed by atoms with Crippen molar-refractivity contribution in [2.75, 3.05) is 11.9 Å². The lowest BCUT2D eigenvalue weighted by Crippen LogP contribution is -1.96. The molecule has 0 fully saturated rings. The van der Waals surface area contributed by atoms with Gasteiger partial charge in [-0.1, -0.05) is 23.8 Å². The minimum absolute atomic E-state index is 0.660. The lowest BCUT2D eigenvalue weighted by molar-refractivity contribution is 0.340. The molecule has 0 aliphatic rings. The van der Waals surface area contributed by atoms with Crippen LogP contribution in [-0.4, -0.2) is 16.6 Å². The normalized spacial score (nSPS) is 10.9. The van der Waals surface area contributed by atoms with Crippen molar-refractivity contribution in [3.05, 3.63) is 65.3 Å². The molecule has 2 aromatic carbocycles. The van der Waals surface area contributed by atoms with Crippen molar-refractivity contribution in [2.24, 2.45) is 0 Å². The predicted octanol–water partition coefficient (Wildman–Crippen LogP) is 6.12. The van der Waals surface area contributed by atoms with Gasteiger partial charge in [0.05, 0.1) is 12.0 Å². The van der Waals surface area contributed by atoms with Gasteiger partial charge >= 0.3 is 0 Å². The number of aromatic nitrogens is 2. The number of anilines is 2. The first-order chi connectivity index (χ1) is 13.2. The van der Waals surface area contributed by atoms with E-state index in [9.17, 15) is 0 Å². The van der Waals surface area contributed by atoms with Crippen LogP contribution >= 0.6 is 11.3 Å². The Morgan fingerprint density at radius 2 is 1.81 bits per heavy atom. The summed E-state index contributed by atoms with van der Waals surface area (Å²) in [7, 11) is 0. The Kier molecular flexibility index (Phi) is 4.77. The van der Waals surface area contributed by atoms with E-state index in [-0.39, 0.29) is 0 Å². The van der Waals surface area contributed by atoms with E-state index in [2.05, 4.69) is 52.7 Å². The molecule has 4 nitrogen and oxygen atoms in total. The highest BCUT2D eigenvalue weighted by Crippen LogP contribution is 2.38. The third-order valence-electron chi connectivity index (χ3n) is 4.47. The molecule has 2 aromatic heterocycles. The van der Waals surface area contributed by atoms with Gasteiger partial charge in [0.15, 0.2) is 0 Å². The van der Waals surface area contributed by atoms with Crippen LogP contribution in [0.1, 0.15) is 18.1 Å². The number of benzene rings is 2. The van der Waals surface area contributed by atoms with Crippen LogP contribution in [-0.2, 0) is 0 Å². The molecule has 0 saturated carbocycles. The lowest BCUT2D eigenvalue weighted by Gasteiger charge is -2.11. The molecule has 0 saturated heterocycles. The smallest absolute Gasteiger partial charge is 0.143 e. The number of nitrogens with zero attached hydrogens (tertiary/aromatic N) is 2. The molecule has 5 heteroatoms. The van der Waals surface area contributed by atoms with Crippen molar-refractivity contribution in [1.29, 1.82) is 0 Å². The van der Waals surface area contributed by atoms with Crippen molar-refractivity contribution < 1.29 is 4.74 Å². The van der Waals surface area contributed by atoms with Crippen molar-refractivity contribution in [1.82, 2.24) is 9.97 Å². The van der Waals surface area contributed by atoms with Crippen LogP contribution < -0.4 is 10.1 Å². The summed E-state index contributed by atoms with van der Waals surface area (Å²) in [6.07, 6.45) is 1.61. The summed E-state index contributed by atoms with van der Waals surface area (Å²) in [5, 5.41) is 6.67. The van der Waals surface area contributed by atoms with E-state index in [0.717, 1.165) is 27.5 Å². The Hall–Kier alpha value is -2.92. The number of nitrogens with one attached hydrogen (secondary N) is 1. The van der Waals surface area contributed by atoms with Gasteiger partial charge in [0.2, 0.25) is 0 Å². The SMILES string of the molecule is CCOc1ccc(Nc2ncnc3scc(-c4ccc(C)cc4C)c23)cc1. The van der Waals surface area contributed by atoms with Gasteiger partial charge in [-0.15, -0.1) is 11.3 Å². The molecule has 0 radical (unpaired) electrons. The maximum Gasteiger partial charge on any atom is 0.143 e. The number of fused-ring (bicyclic) bond motifs is 1. The molecular formula is C22H21N3OS. The summed E-state index contributed by atoms with van der Waals surface area (Å²) in [6.45, 7) is 6.90. The Morgan fingerprint density at radius 3 is 2.56 bits per heavy atom. The lowest BCUT2D eigenvalue weighted by atomic mass is 9.99. The fourth-order valence-electron chi connectivity index (χ4n) is 3.22. The number of ether oxygens (including phenoxy) is 1. The van der Waals surface area contributed by atoms with E-state index in [4.69, 9.17) is 4.74 Å². The molecule has 0 aliphatic carbocycles. The number of hydrogen-bond donors (Lipinski definition) is 1. The minimum Gasteiger partial charge on any atom is -0.494 e. The van der Waals surface area contributed by atoms with Crippen LogP contribution in [0.3, 0.4) is 0 Å². The second-order valence-corrected chi connectivity index (χ2v) is 7.31. The van der Waals surface area contributed by atoms with Crippen molar-refractivity contribution in [2.45, 2.75) is 20.8 Å². The third kappa shape index (κ3) is 3.51. The molecule has 0 aliphatic heterocycles. The van der Waals surface area contributed by atoms with Crippen LogP contribution in [0.5, 0.6) is 5.75 Å². The minimum atomic E-state index is 0.660. The monoisotopic (exact) mass is 375 g/mol. The average molecular weight is 375 g/mol. The average Bonchev–Trinajstić information content (AvgIpc) is 3.09. The first-order valence-corrected chi connectivity index (χ1v) is 9.83. The highest BCUT2D eigenvalue weighted by molar-refractivity contribution is 7.17. The number of aryl methyl sites for hydroxylation is 2. The van der Waals surface area contributed by atoms with Gasteiger partial charge in [-0.25, -0.2) is 9.97 Å². The summed E-state index contributed by atoms with van der Waals surface area (Å²) >= 11 is 1.64. The summed E-state index contributed by atoms with van der Waals surface area (Å²) in [6, 6.07) is 14.5. The second-order valence-electron chi connectivity index (χ2n) is 6.45. The van der Waals surface area contributed by atoms with Gasteiger partial charge in [-0.2, -0.15) is 0 Å². The maximum absolute atomic E-state index is 5.52. The number of hydrogen-bond acceptors (Lipinski definition) is 5. The largest absolute Gasteiger partial charge is 0.494 e. The van der Waals surface area contributed by atoms with Gasteiger partial charge in [0.25, 0.3) is 0 Å². The summed E-state index contributed by atoms with van der Waals surface area (Å²) in [5.41, 5.74) is 5.87. The van der Waals surface area contributed by atoms with E-state index in [1.54, 1.807) is 17.7 Å². The molecule has 0 unspecified atom stereocenters. The van der Waals surface area contributed by atoms with Crippen LogP contribution in [0.2, 0.25) is 0 Å². The summed E-state index contributed by atoms with van der Waals surface area (Å²) < 4.78 is 5.52. The molecule has 4 aromatic rings. The van der Waals surface area contributed by atoms with E-state index in [1.165, 1.54) is 22.3 Å². The van der Waals surface area contributed by atoms with Crippen molar-refractivity contribution in [3.63, 3.8) is 0 Å². The molecular weight excluding hydrogens is 354 g/mol. The predicted molar refractivity (Wildman–Crippen MR) is 113 cm³/mol. The standard InChI is InChI=1S/C22H21N3OS/c1-4-26-17-8-6-16(7-9-17)25-21-20-19(12-27-22(20)24-13-23-21)18-10-5-14(2)11-15(18)3/h5-13H,4H2,1-3H3,(H,23,24,25). The van der Waals surface area contributed by atoms with Crippen LogP contribution in [0, 0.1) is 13.8 Å². The zero-order valence-electron chi connectivity index (χ0n) is 15.6. The van der Waals surface area contributed by atoms with Gasteiger partial charge < -0.3 is 10.1 Å². The summed E-state index contributed by atoms with van der Waals surface area (Å²) in [5.74, 6) is 1.68. The maximum atomic E-state index is 5.52. The Morgan fingerprint density at radius 1 is 1.00 bits per heavy atom. The molecule has 4 rings (SSSR count). The molecule has 0 amide bonds. The zero-order chi connectivity index (χ0) is 18.8. The fraction of sp³-hybridized carbons (Fsp3) is 0.182. The molecule has 2 heterocycles. The van der Waals surface area contributed by atoms with Crippen LogP contribution in [0.25, 0.3) is 21.3 Å². The number of thiophene rings is 1. The zero-order valence-corrected chi connectivity index (χ0v) is 16.4. The van der Waals surface area contributed by atoms with Gasteiger partial charge in [-0.3, -0.25) is 0 Å². The van der Waals surface area contributed by atoms with Crippen molar-refractivity contribution >= 4 is 33.1 Å². The second kappa shape index (κ2) is 7.37. The van der Waals surface area contributed by atoms with Crippen LogP contribution in [0.4, 0.5) is 11.5 Å². The first-order valence-electron chi connectivity index (χ1n) is 8.95. The van der Waals surface area contributed by atoms with Gasteiger partial charge in [-0.05, 0) is 56.2 Å². The fourth-order valence-corrected chi connectivity index (χ4v) is 4.13. The van der Waals surface area contributed by atoms with Gasteiger partial charge in [0, 0.05) is 16.6 Å². The Labute approximate surface area is 162 Å². The topological polar surface area (TPSA) is 47.0 Å². The molecule has 0 bridgehead atoms. The van der Waals surface area contributed by atoms with E-state index < -0.39 is 0 Å². The molecule has 27 heavy (non-hydrogen) atoms. The van der Waals surface area contributed by atoms with E-state index in [1.807, 2.05) is 31.2 Å². The van der Waals surface area contributed by atoms with E-state index >= 15 is 0 Å². The third-order valence-corrected chi connectivity index (χ3v) is 5.36. The molecule has 1 N–H and O–H groups in total. The highest BCUT2D eigenvalue weighted by atomic mass is 32.1. The van der Waals surface area contributed by atoms with Gasteiger partial charge in [0.1, 0.15) is 22.7 Å². The molecule has 0 spiro atoms. The van der Waals surface area contributed by atoms with Crippen LogP contribution in [0.15, 0.2) is 54.2 Å². The molecule has 136 valence electrons. The Bertz CT molecular complexity index is 1090. The molecule has 0 atom stereocenters. The quantitative estimate of drug-likeness (QED) is 0.457. The highest BCUT2D eigenvalue weighted by Gasteiger charge is 2.15. The Balaban J connectivity index is 1.76. The van der Waals surface area contributed by atoms with E-state index in [0.29, 0.717) is 6.61 Å². The number of rotatable bonds is 5. The summed E-state index contributed by atoms with van der Waals surface area (Å²) in [4.78, 5) is 9.96. The first kappa shape index (κ1) is 17.5.